The molecule has 0 aliphatic heterocycles. The van der Waals surface area contributed by atoms with E-state index in [0.29, 0.717) is 0 Å². The molecule has 0 heteroatoms. The molecule has 0 saturated heterocycles. The van der Waals surface area contributed by atoms with E-state index < -0.39 is 0 Å². The van der Waals surface area contributed by atoms with Crippen LogP contribution in [0.4, 0.5) is 0 Å². The summed E-state index contributed by atoms with van der Waals surface area (Å²) in [6.07, 6.45) is 0. The maximum absolute atomic E-state index is 2.48. The van der Waals surface area contributed by atoms with Gasteiger partial charge in [-0.3, -0.25) is 0 Å². The number of benzene rings is 7. The average Bonchev–Trinajstić information content (AvgIpc) is 3.17. The molecule has 7 aromatic rings. The number of rotatable bonds is 1. The highest BCUT2D eigenvalue weighted by Crippen LogP contribution is 2.52. The number of hydrogen-bond acceptors (Lipinski definition) is 0. The van der Waals surface area contributed by atoms with Gasteiger partial charge < -0.3 is 0 Å². The summed E-state index contributed by atoms with van der Waals surface area (Å²) >= 11 is 0. The average molecular weight is 471 g/mol. The van der Waals surface area contributed by atoms with Crippen LogP contribution in [0, 0.1) is 0 Å². The Morgan fingerprint density at radius 2 is 0.919 bits per heavy atom. The molecule has 1 aliphatic rings. The summed E-state index contributed by atoms with van der Waals surface area (Å²) in [5, 5.41) is 10.6. The third-order valence-corrected chi connectivity index (χ3v) is 8.64. The molecule has 1 aliphatic carbocycles. The van der Waals surface area contributed by atoms with Crippen molar-refractivity contribution < 1.29 is 0 Å². The molecule has 174 valence electrons. The van der Waals surface area contributed by atoms with Gasteiger partial charge in [0.05, 0.1) is 0 Å². The number of hydrogen-bond donors (Lipinski definition) is 0. The van der Waals surface area contributed by atoms with E-state index >= 15 is 0 Å². The molecule has 0 heterocycles. The van der Waals surface area contributed by atoms with Crippen LogP contribution in [0.2, 0.25) is 0 Å². The third kappa shape index (κ3) is 2.79. The summed E-state index contributed by atoms with van der Waals surface area (Å²) in [6, 6.07) is 45.1. The Kier molecular flexibility index (Phi) is 4.10. The predicted molar refractivity (Wildman–Crippen MR) is 159 cm³/mol. The van der Waals surface area contributed by atoms with E-state index in [1.807, 2.05) is 0 Å². The molecule has 0 N–H and O–H groups in total. The van der Waals surface area contributed by atoms with E-state index in [0.717, 1.165) is 0 Å². The molecule has 0 radical (unpaired) electrons. The fourth-order valence-corrected chi connectivity index (χ4v) is 6.78. The van der Waals surface area contributed by atoms with Gasteiger partial charge in [-0.25, -0.2) is 0 Å². The molecule has 0 aromatic heterocycles. The van der Waals surface area contributed by atoms with E-state index in [4.69, 9.17) is 0 Å². The molecule has 0 unspecified atom stereocenters. The Labute approximate surface area is 216 Å². The van der Waals surface area contributed by atoms with Crippen LogP contribution in [0.3, 0.4) is 0 Å². The Morgan fingerprint density at radius 1 is 0.378 bits per heavy atom. The fourth-order valence-electron chi connectivity index (χ4n) is 6.78. The van der Waals surface area contributed by atoms with Crippen molar-refractivity contribution in [1.29, 1.82) is 0 Å². The van der Waals surface area contributed by atoms with Crippen LogP contribution in [0.1, 0.15) is 25.0 Å². The Hall–Kier alpha value is -4.42. The first kappa shape index (κ1) is 20.7. The van der Waals surface area contributed by atoms with Crippen molar-refractivity contribution in [1.82, 2.24) is 0 Å². The lowest BCUT2D eigenvalue weighted by Crippen LogP contribution is -2.15. The van der Waals surface area contributed by atoms with Crippen LogP contribution in [-0.4, -0.2) is 0 Å². The fraction of sp³-hybridized carbons (Fsp3) is 0.0811. The first-order chi connectivity index (χ1) is 18.1. The van der Waals surface area contributed by atoms with Gasteiger partial charge in [-0.15, -0.1) is 0 Å². The minimum absolute atomic E-state index is 0.0772. The minimum atomic E-state index is -0.0772. The summed E-state index contributed by atoms with van der Waals surface area (Å²) in [4.78, 5) is 0. The normalized spacial score (nSPS) is 13.9. The van der Waals surface area contributed by atoms with Gasteiger partial charge in [0.1, 0.15) is 0 Å². The van der Waals surface area contributed by atoms with E-state index in [9.17, 15) is 0 Å². The second-order valence-corrected chi connectivity index (χ2v) is 10.9. The van der Waals surface area contributed by atoms with E-state index in [1.54, 1.807) is 0 Å². The molecule has 0 bridgehead atoms. The molecular formula is C37H26. The highest BCUT2D eigenvalue weighted by atomic mass is 14.4. The van der Waals surface area contributed by atoms with Crippen LogP contribution >= 0.6 is 0 Å². The monoisotopic (exact) mass is 470 g/mol. The van der Waals surface area contributed by atoms with Gasteiger partial charge in [0.2, 0.25) is 0 Å². The Morgan fingerprint density at radius 3 is 1.62 bits per heavy atom. The maximum Gasteiger partial charge on any atom is 0.0159 e. The topological polar surface area (TPSA) is 0 Å². The van der Waals surface area contributed by atoms with Crippen LogP contribution in [-0.2, 0) is 5.41 Å². The van der Waals surface area contributed by atoms with Crippen LogP contribution < -0.4 is 0 Å². The van der Waals surface area contributed by atoms with Gasteiger partial charge in [-0.1, -0.05) is 117 Å². The van der Waals surface area contributed by atoms with Crippen molar-refractivity contribution in [3.63, 3.8) is 0 Å². The molecule has 0 fully saturated rings. The quantitative estimate of drug-likeness (QED) is 0.209. The largest absolute Gasteiger partial charge is 0.0616 e. The molecular weight excluding hydrogens is 444 g/mol. The standard InChI is InChI=1S/C37H26/c1-37(2)35-20-24(26-17-9-11-23-10-3-4-12-25(23)26)18-19-31(35)34-21-32-29-15-7-5-13-27(29)28-14-6-8-16-30(28)33(32)22-36(34)37/h3-22H,1-2H3. The lowest BCUT2D eigenvalue weighted by molar-refractivity contribution is 0.661. The third-order valence-electron chi connectivity index (χ3n) is 8.64. The van der Waals surface area contributed by atoms with Gasteiger partial charge in [0.25, 0.3) is 0 Å². The molecule has 0 atom stereocenters. The second kappa shape index (κ2) is 7.31. The Bertz CT molecular complexity index is 2050. The van der Waals surface area contributed by atoms with Gasteiger partial charge in [-0.05, 0) is 94.7 Å². The van der Waals surface area contributed by atoms with Gasteiger partial charge in [-0.2, -0.15) is 0 Å². The second-order valence-electron chi connectivity index (χ2n) is 10.9. The molecule has 0 spiro atoms. The smallest absolute Gasteiger partial charge is 0.0159 e. The first-order valence-electron chi connectivity index (χ1n) is 13.1. The molecule has 0 amide bonds. The minimum Gasteiger partial charge on any atom is -0.0616 e. The lowest BCUT2D eigenvalue weighted by atomic mass is 9.80. The van der Waals surface area contributed by atoms with E-state index in [1.165, 1.54) is 76.5 Å². The van der Waals surface area contributed by atoms with Crippen molar-refractivity contribution in [3.05, 3.63) is 132 Å². The SMILES string of the molecule is CC1(C)c2cc(-c3cccc4ccccc34)ccc2-c2cc3c4ccccc4c4ccccc4c3cc21. The predicted octanol–water partition coefficient (Wildman–Crippen LogP) is 10.3. The summed E-state index contributed by atoms with van der Waals surface area (Å²) in [5.74, 6) is 0. The summed E-state index contributed by atoms with van der Waals surface area (Å²) in [7, 11) is 0. The maximum atomic E-state index is 2.48. The lowest BCUT2D eigenvalue weighted by Gasteiger charge is -2.23. The van der Waals surface area contributed by atoms with Crippen LogP contribution in [0.5, 0.6) is 0 Å². The van der Waals surface area contributed by atoms with Gasteiger partial charge in [0, 0.05) is 5.41 Å². The Balaban J connectivity index is 1.42. The number of fused-ring (bicyclic) bond motifs is 10. The highest BCUT2D eigenvalue weighted by molar-refractivity contribution is 6.26. The first-order valence-corrected chi connectivity index (χ1v) is 13.1. The summed E-state index contributed by atoms with van der Waals surface area (Å²) in [6.45, 7) is 4.78. The van der Waals surface area contributed by atoms with Crippen LogP contribution in [0.15, 0.2) is 121 Å². The molecule has 0 nitrogen and oxygen atoms in total. The van der Waals surface area contributed by atoms with Crippen molar-refractivity contribution in [2.45, 2.75) is 19.3 Å². The zero-order valence-electron chi connectivity index (χ0n) is 21.0. The van der Waals surface area contributed by atoms with Crippen LogP contribution in [0.25, 0.3) is 65.3 Å². The molecule has 8 rings (SSSR count). The zero-order chi connectivity index (χ0) is 24.7. The molecule has 0 saturated carbocycles. The zero-order valence-corrected chi connectivity index (χ0v) is 21.0. The van der Waals surface area contributed by atoms with Crippen molar-refractivity contribution >= 4 is 43.1 Å². The van der Waals surface area contributed by atoms with E-state index in [-0.39, 0.29) is 5.41 Å². The summed E-state index contributed by atoms with van der Waals surface area (Å²) in [5.41, 5.74) is 8.08. The highest BCUT2D eigenvalue weighted by Gasteiger charge is 2.36. The van der Waals surface area contributed by atoms with Gasteiger partial charge in [0.15, 0.2) is 0 Å². The van der Waals surface area contributed by atoms with Crippen molar-refractivity contribution in [3.8, 4) is 22.3 Å². The molecule has 7 aromatic carbocycles. The van der Waals surface area contributed by atoms with Crippen molar-refractivity contribution in [2.24, 2.45) is 0 Å². The van der Waals surface area contributed by atoms with E-state index in [2.05, 4.69) is 135 Å². The van der Waals surface area contributed by atoms with Crippen molar-refractivity contribution in [2.75, 3.05) is 0 Å². The molecule has 37 heavy (non-hydrogen) atoms. The van der Waals surface area contributed by atoms with Gasteiger partial charge >= 0.3 is 0 Å². The summed E-state index contributed by atoms with van der Waals surface area (Å²) < 4.78 is 0.